The van der Waals surface area contributed by atoms with Gasteiger partial charge >= 0.3 is 6.09 Å². The maximum Gasteiger partial charge on any atom is 0.407 e. The van der Waals surface area contributed by atoms with Gasteiger partial charge in [0, 0.05) is 24.8 Å². The molecule has 0 heterocycles. The number of benzene rings is 2. The standard InChI is InChI=1S/C29H36N2O2/c1-23(2)31(21-26-15-9-5-10-16-26)20-24(3)28(19-25-13-7-4-8-14-25)30-29(32)33-22-27-17-11-6-12-18-27/h4-5,7-11,13-18,24,28H,1,6,12,19-22H2,2-3H3,(H,30,32). The molecule has 0 bridgehead atoms. The van der Waals surface area contributed by atoms with Crippen molar-refractivity contribution in [2.45, 2.75) is 45.7 Å². The molecule has 0 aliphatic heterocycles. The van der Waals surface area contributed by atoms with E-state index >= 15 is 0 Å². The van der Waals surface area contributed by atoms with Crippen molar-refractivity contribution in [1.82, 2.24) is 10.2 Å². The van der Waals surface area contributed by atoms with E-state index in [9.17, 15) is 4.79 Å². The molecule has 0 spiro atoms. The van der Waals surface area contributed by atoms with Crippen LogP contribution < -0.4 is 5.32 Å². The number of amides is 1. The lowest BCUT2D eigenvalue weighted by Gasteiger charge is -2.32. The van der Waals surface area contributed by atoms with Crippen molar-refractivity contribution >= 4 is 6.09 Å². The van der Waals surface area contributed by atoms with Crippen LogP contribution in [0.15, 0.2) is 96.7 Å². The van der Waals surface area contributed by atoms with E-state index in [-0.39, 0.29) is 18.1 Å². The summed E-state index contributed by atoms with van der Waals surface area (Å²) in [5.74, 6) is 0.187. The van der Waals surface area contributed by atoms with Crippen LogP contribution in [-0.4, -0.2) is 30.2 Å². The Morgan fingerprint density at radius 1 is 1.06 bits per heavy atom. The molecule has 0 aromatic heterocycles. The summed E-state index contributed by atoms with van der Waals surface area (Å²) in [4.78, 5) is 15.0. The molecule has 1 N–H and O–H groups in total. The van der Waals surface area contributed by atoms with Crippen molar-refractivity contribution in [1.29, 1.82) is 0 Å². The first kappa shape index (κ1) is 24.4. The van der Waals surface area contributed by atoms with E-state index in [0.29, 0.717) is 6.61 Å². The van der Waals surface area contributed by atoms with Gasteiger partial charge in [0.1, 0.15) is 6.61 Å². The summed E-state index contributed by atoms with van der Waals surface area (Å²) in [6.07, 6.45) is 8.72. The number of carbonyl (C=O) groups excluding carboxylic acids is 1. The summed E-state index contributed by atoms with van der Waals surface area (Å²) in [7, 11) is 0. The Balaban J connectivity index is 1.66. The molecule has 3 rings (SSSR count). The van der Waals surface area contributed by atoms with Crippen LogP contribution in [0.3, 0.4) is 0 Å². The molecule has 4 heteroatoms. The van der Waals surface area contributed by atoms with Crippen LogP contribution in [0.5, 0.6) is 0 Å². The van der Waals surface area contributed by atoms with Gasteiger partial charge in [-0.3, -0.25) is 0 Å². The Hall–Kier alpha value is -3.27. The zero-order chi connectivity index (χ0) is 23.5. The van der Waals surface area contributed by atoms with Crippen molar-refractivity contribution in [3.05, 3.63) is 108 Å². The van der Waals surface area contributed by atoms with Gasteiger partial charge in [0.05, 0.1) is 0 Å². The number of allylic oxidation sites excluding steroid dienone is 3. The van der Waals surface area contributed by atoms with Gasteiger partial charge in [-0.05, 0) is 48.8 Å². The number of rotatable bonds is 11. The van der Waals surface area contributed by atoms with Crippen LogP contribution in [0.1, 0.15) is 37.8 Å². The van der Waals surface area contributed by atoms with Crippen molar-refractivity contribution in [2.75, 3.05) is 13.2 Å². The first-order valence-corrected chi connectivity index (χ1v) is 11.8. The number of alkyl carbamates (subject to hydrolysis) is 1. The number of hydrogen-bond acceptors (Lipinski definition) is 3. The topological polar surface area (TPSA) is 41.6 Å². The average molecular weight is 445 g/mol. The molecule has 0 saturated heterocycles. The molecule has 2 aromatic carbocycles. The van der Waals surface area contributed by atoms with Crippen molar-refractivity contribution in [3.8, 4) is 0 Å². The highest BCUT2D eigenvalue weighted by Gasteiger charge is 2.23. The van der Waals surface area contributed by atoms with Crippen molar-refractivity contribution in [2.24, 2.45) is 5.92 Å². The third kappa shape index (κ3) is 8.30. The Morgan fingerprint density at radius 3 is 2.33 bits per heavy atom. The lowest BCUT2D eigenvalue weighted by atomic mass is 9.94. The zero-order valence-electron chi connectivity index (χ0n) is 19.9. The molecule has 0 saturated carbocycles. The van der Waals surface area contributed by atoms with Crippen molar-refractivity contribution in [3.63, 3.8) is 0 Å². The van der Waals surface area contributed by atoms with E-state index in [4.69, 9.17) is 4.74 Å². The lowest BCUT2D eigenvalue weighted by molar-refractivity contribution is 0.145. The third-order valence-corrected chi connectivity index (χ3v) is 5.99. The first-order chi connectivity index (χ1) is 16.0. The summed E-state index contributed by atoms with van der Waals surface area (Å²) in [5, 5.41) is 3.14. The highest BCUT2D eigenvalue weighted by molar-refractivity contribution is 5.68. The Bertz CT molecular complexity index is 950. The molecule has 33 heavy (non-hydrogen) atoms. The maximum absolute atomic E-state index is 12.7. The number of nitrogens with zero attached hydrogens (tertiary/aromatic N) is 1. The van der Waals surface area contributed by atoms with Crippen LogP contribution >= 0.6 is 0 Å². The van der Waals surface area contributed by atoms with Gasteiger partial charge in [-0.25, -0.2) is 4.79 Å². The summed E-state index contributed by atoms with van der Waals surface area (Å²) < 4.78 is 5.55. The van der Waals surface area contributed by atoms with Gasteiger partial charge < -0.3 is 15.0 Å². The quantitative estimate of drug-likeness (QED) is 0.444. The third-order valence-electron chi connectivity index (χ3n) is 5.99. The summed E-state index contributed by atoms with van der Waals surface area (Å²) in [6, 6.07) is 20.6. The number of nitrogens with one attached hydrogen (secondary N) is 1. The van der Waals surface area contributed by atoms with E-state index in [0.717, 1.165) is 43.6 Å². The highest BCUT2D eigenvalue weighted by Crippen LogP contribution is 2.18. The van der Waals surface area contributed by atoms with E-state index < -0.39 is 0 Å². The fourth-order valence-corrected chi connectivity index (χ4v) is 4.01. The molecule has 2 aromatic rings. The number of ether oxygens (including phenoxy) is 1. The van der Waals surface area contributed by atoms with E-state index in [1.165, 1.54) is 11.1 Å². The molecular weight excluding hydrogens is 408 g/mol. The second-order valence-corrected chi connectivity index (χ2v) is 8.85. The predicted molar refractivity (Wildman–Crippen MR) is 136 cm³/mol. The van der Waals surface area contributed by atoms with Gasteiger partial charge in [-0.15, -0.1) is 0 Å². The van der Waals surface area contributed by atoms with Gasteiger partial charge in [0.25, 0.3) is 0 Å². The minimum Gasteiger partial charge on any atom is -0.445 e. The van der Waals surface area contributed by atoms with Crippen LogP contribution in [0, 0.1) is 5.92 Å². The molecule has 174 valence electrons. The second kappa shape index (κ2) is 12.7. The second-order valence-electron chi connectivity index (χ2n) is 8.85. The summed E-state index contributed by atoms with van der Waals surface area (Å²) >= 11 is 0. The van der Waals surface area contributed by atoms with Crippen LogP contribution in [0.25, 0.3) is 0 Å². The summed E-state index contributed by atoms with van der Waals surface area (Å²) in [5.41, 5.74) is 4.51. The first-order valence-electron chi connectivity index (χ1n) is 11.8. The van der Waals surface area contributed by atoms with E-state index in [2.05, 4.69) is 72.3 Å². The Morgan fingerprint density at radius 2 is 1.73 bits per heavy atom. The maximum atomic E-state index is 12.7. The minimum absolute atomic E-state index is 0.0617. The van der Waals surface area contributed by atoms with E-state index in [1.54, 1.807) is 0 Å². The Labute approximate surface area is 198 Å². The lowest BCUT2D eigenvalue weighted by Crippen LogP contribution is -2.45. The molecule has 0 fully saturated rings. The molecule has 2 unspecified atom stereocenters. The molecule has 2 atom stereocenters. The van der Waals surface area contributed by atoms with Gasteiger partial charge in [-0.1, -0.05) is 92.4 Å². The molecule has 0 radical (unpaired) electrons. The average Bonchev–Trinajstić information content (AvgIpc) is 2.84. The molecule has 1 amide bonds. The molecule has 1 aliphatic carbocycles. The highest BCUT2D eigenvalue weighted by atomic mass is 16.5. The predicted octanol–water partition coefficient (Wildman–Crippen LogP) is 6.27. The smallest absolute Gasteiger partial charge is 0.407 e. The number of carbonyl (C=O) groups is 1. The van der Waals surface area contributed by atoms with Crippen molar-refractivity contribution < 1.29 is 9.53 Å². The fourth-order valence-electron chi connectivity index (χ4n) is 4.01. The van der Waals surface area contributed by atoms with Crippen LogP contribution in [0.2, 0.25) is 0 Å². The number of hydrogen-bond donors (Lipinski definition) is 1. The molecule has 4 nitrogen and oxygen atoms in total. The fraction of sp³-hybridized carbons (Fsp3) is 0.345. The Kier molecular flexibility index (Phi) is 9.37. The normalized spacial score (nSPS) is 14.7. The van der Waals surface area contributed by atoms with Gasteiger partial charge in [0.15, 0.2) is 0 Å². The van der Waals surface area contributed by atoms with Gasteiger partial charge in [0.2, 0.25) is 0 Å². The monoisotopic (exact) mass is 444 g/mol. The van der Waals surface area contributed by atoms with Crippen LogP contribution in [-0.2, 0) is 17.7 Å². The van der Waals surface area contributed by atoms with E-state index in [1.807, 2.05) is 37.3 Å². The zero-order valence-corrected chi connectivity index (χ0v) is 19.9. The minimum atomic E-state index is -0.368. The van der Waals surface area contributed by atoms with Gasteiger partial charge in [-0.2, -0.15) is 0 Å². The van der Waals surface area contributed by atoms with Crippen LogP contribution in [0.4, 0.5) is 4.79 Å². The SMILES string of the molecule is C=C(C)N(Cc1ccccc1)CC(C)C(Cc1ccccc1)NC(=O)OCC1=CCCC=C1. The largest absolute Gasteiger partial charge is 0.445 e. The molecular formula is C29H36N2O2. The molecule has 1 aliphatic rings. The summed E-state index contributed by atoms with van der Waals surface area (Å²) in [6.45, 7) is 10.3.